The lowest BCUT2D eigenvalue weighted by Crippen LogP contribution is -2.39. The Hall–Kier alpha value is -2.26. The largest absolute Gasteiger partial charge is 0.450 e. The number of nitrogens with zero attached hydrogens (tertiary/aromatic N) is 2. The maximum absolute atomic E-state index is 13.3. The lowest BCUT2D eigenvalue weighted by Gasteiger charge is -2.32. The smallest absolute Gasteiger partial charge is 0.411 e. The van der Waals surface area contributed by atoms with E-state index in [1.165, 1.54) is 0 Å². The normalized spacial score (nSPS) is 15.3. The van der Waals surface area contributed by atoms with Crippen LogP contribution in [0.25, 0.3) is 0 Å². The molecule has 7 nitrogen and oxygen atoms in total. The molecule has 2 aliphatic heterocycles. The van der Waals surface area contributed by atoms with Gasteiger partial charge in [-0.2, -0.15) is 0 Å². The topological polar surface area (TPSA) is 71.1 Å². The highest BCUT2D eigenvalue weighted by molar-refractivity contribution is 7.99. The molecular weight excluding hydrogens is 438 g/mol. The quantitative estimate of drug-likeness (QED) is 0.702. The van der Waals surface area contributed by atoms with Crippen LogP contribution in [-0.4, -0.2) is 56.4 Å². The summed E-state index contributed by atoms with van der Waals surface area (Å²) in [5.74, 6) is 0.0313. The van der Waals surface area contributed by atoms with E-state index >= 15 is 0 Å². The van der Waals surface area contributed by atoms with Crippen molar-refractivity contribution in [1.29, 1.82) is 0 Å². The Morgan fingerprint density at radius 2 is 1.84 bits per heavy atom. The molecule has 4 rings (SSSR count). The van der Waals surface area contributed by atoms with Crippen molar-refractivity contribution in [2.24, 2.45) is 0 Å². The Labute approximate surface area is 192 Å². The van der Waals surface area contributed by atoms with E-state index < -0.39 is 6.09 Å². The fraction of sp³-hybridized carbons (Fsp3) is 0.364. The summed E-state index contributed by atoms with van der Waals surface area (Å²) < 4.78 is 10.4. The number of carbonyl (C=O) groups excluding carboxylic acids is 2. The average molecular weight is 464 g/mol. The minimum Gasteiger partial charge on any atom is -0.450 e. The van der Waals surface area contributed by atoms with E-state index in [0.29, 0.717) is 38.5 Å². The number of anilines is 3. The van der Waals surface area contributed by atoms with Crippen LogP contribution < -0.4 is 10.2 Å². The highest BCUT2D eigenvalue weighted by Crippen LogP contribution is 2.49. The van der Waals surface area contributed by atoms with Gasteiger partial charge < -0.3 is 9.47 Å². The third kappa shape index (κ3) is 5.51. The minimum atomic E-state index is -0.508. The maximum atomic E-state index is 13.3. The van der Waals surface area contributed by atoms with Gasteiger partial charge in [0.1, 0.15) is 0 Å². The van der Waals surface area contributed by atoms with E-state index in [1.54, 1.807) is 23.6 Å². The zero-order valence-electron chi connectivity index (χ0n) is 17.3. The fourth-order valence-electron chi connectivity index (χ4n) is 3.58. The molecule has 2 heterocycles. The number of amides is 2. The molecule has 2 aliphatic rings. The Kier molecular flexibility index (Phi) is 8.20. The lowest BCUT2D eigenvalue weighted by atomic mass is 10.2. The number of hydrogen-bond donors (Lipinski definition) is 1. The van der Waals surface area contributed by atoms with E-state index in [4.69, 9.17) is 9.47 Å². The van der Waals surface area contributed by atoms with Gasteiger partial charge in [0.15, 0.2) is 0 Å². The molecule has 0 atom stereocenters. The predicted molar refractivity (Wildman–Crippen MR) is 124 cm³/mol. The van der Waals surface area contributed by atoms with Crippen molar-refractivity contribution in [2.45, 2.75) is 23.1 Å². The van der Waals surface area contributed by atoms with Crippen LogP contribution in [0.3, 0.4) is 0 Å². The van der Waals surface area contributed by atoms with Crippen LogP contribution in [0.2, 0.25) is 0 Å². The summed E-state index contributed by atoms with van der Waals surface area (Å²) in [5.41, 5.74) is 2.24. The molecule has 0 unspecified atom stereocenters. The summed E-state index contributed by atoms with van der Waals surface area (Å²) in [4.78, 5) is 31.2. The Morgan fingerprint density at radius 3 is 2.61 bits per heavy atom. The first-order valence-electron chi connectivity index (χ1n) is 10.1. The molecule has 0 radical (unpaired) electrons. The van der Waals surface area contributed by atoms with Crippen molar-refractivity contribution < 1.29 is 19.1 Å². The van der Waals surface area contributed by atoms with Gasteiger partial charge in [-0.3, -0.25) is 19.9 Å². The van der Waals surface area contributed by atoms with Crippen molar-refractivity contribution in [3.8, 4) is 0 Å². The van der Waals surface area contributed by atoms with Gasteiger partial charge in [-0.15, -0.1) is 12.4 Å². The molecule has 1 saturated heterocycles. The molecule has 0 bridgehead atoms. The van der Waals surface area contributed by atoms with Crippen LogP contribution >= 0.6 is 24.2 Å². The second-order valence-corrected chi connectivity index (χ2v) is 8.11. The number of rotatable bonds is 5. The number of fused-ring (bicyclic) bond motifs is 2. The summed E-state index contributed by atoms with van der Waals surface area (Å²) in [6.45, 7) is 5.88. The first-order valence-corrected chi connectivity index (χ1v) is 10.9. The van der Waals surface area contributed by atoms with E-state index in [1.807, 2.05) is 42.5 Å². The van der Waals surface area contributed by atoms with Crippen molar-refractivity contribution in [1.82, 2.24) is 4.90 Å². The van der Waals surface area contributed by atoms with Gasteiger partial charge in [0, 0.05) is 41.5 Å². The Balaban J connectivity index is 0.00000272. The van der Waals surface area contributed by atoms with Crippen LogP contribution in [0.5, 0.6) is 0 Å². The first kappa shape index (κ1) is 23.4. The molecule has 0 spiro atoms. The molecule has 0 aliphatic carbocycles. The average Bonchev–Trinajstić information content (AvgIpc) is 2.77. The molecule has 1 N–H and O–H groups in total. The number of carbonyl (C=O) groups is 2. The predicted octanol–water partition coefficient (Wildman–Crippen LogP) is 4.53. The van der Waals surface area contributed by atoms with Crippen LogP contribution in [0, 0.1) is 0 Å². The Bertz CT molecular complexity index is 937. The van der Waals surface area contributed by atoms with Gasteiger partial charge in [0.05, 0.1) is 31.2 Å². The zero-order valence-corrected chi connectivity index (χ0v) is 19.0. The maximum Gasteiger partial charge on any atom is 0.411 e. The van der Waals surface area contributed by atoms with Gasteiger partial charge in [-0.1, -0.05) is 23.9 Å². The summed E-state index contributed by atoms with van der Waals surface area (Å²) in [6.07, 6.45) is -0.0972. The molecule has 0 aromatic heterocycles. The number of nitrogens with one attached hydrogen (secondary N) is 1. The van der Waals surface area contributed by atoms with Gasteiger partial charge >= 0.3 is 6.09 Å². The highest BCUT2D eigenvalue weighted by atomic mass is 35.5. The van der Waals surface area contributed by atoms with Crippen LogP contribution in [0.4, 0.5) is 21.9 Å². The standard InChI is InChI=1S/C22H25N3O4S.ClH/c1-2-29-22(27)23-16-7-8-20-18(15-16)25(17-5-3-4-6-19(17)30-20)21(26)9-10-24-11-13-28-14-12-24;/h3-8,15H,2,9-14H2,1H3,(H,23,27);1H. The molecular formula is C22H26ClN3O4S. The molecule has 2 aromatic carbocycles. The Morgan fingerprint density at radius 1 is 1.10 bits per heavy atom. The lowest BCUT2D eigenvalue weighted by molar-refractivity contribution is -0.118. The molecule has 166 valence electrons. The molecule has 2 aromatic rings. The molecule has 0 saturated carbocycles. The zero-order chi connectivity index (χ0) is 20.9. The molecule has 2 amide bonds. The van der Waals surface area contributed by atoms with Crippen molar-refractivity contribution in [2.75, 3.05) is 49.7 Å². The monoisotopic (exact) mass is 463 g/mol. The van der Waals surface area contributed by atoms with Crippen molar-refractivity contribution >= 4 is 53.2 Å². The van der Waals surface area contributed by atoms with Crippen LogP contribution in [0.15, 0.2) is 52.3 Å². The summed E-state index contributed by atoms with van der Waals surface area (Å²) in [5, 5.41) is 2.73. The number of morpholine rings is 1. The number of benzene rings is 2. The van der Waals surface area contributed by atoms with E-state index in [0.717, 1.165) is 34.3 Å². The third-order valence-corrected chi connectivity index (χ3v) is 6.17. The van der Waals surface area contributed by atoms with E-state index in [9.17, 15) is 9.59 Å². The van der Waals surface area contributed by atoms with Crippen LogP contribution in [0.1, 0.15) is 13.3 Å². The molecule has 1 fully saturated rings. The van der Waals surface area contributed by atoms with Gasteiger partial charge in [0.2, 0.25) is 5.91 Å². The minimum absolute atomic E-state index is 0. The second-order valence-electron chi connectivity index (χ2n) is 7.03. The van der Waals surface area contributed by atoms with Crippen molar-refractivity contribution in [3.05, 3.63) is 42.5 Å². The van der Waals surface area contributed by atoms with Crippen LogP contribution in [-0.2, 0) is 14.3 Å². The molecule has 9 heteroatoms. The number of hydrogen-bond acceptors (Lipinski definition) is 6. The number of halogens is 1. The fourth-order valence-corrected chi connectivity index (χ4v) is 4.61. The summed E-state index contributed by atoms with van der Waals surface area (Å²) in [6, 6.07) is 13.5. The third-order valence-electron chi connectivity index (χ3n) is 5.04. The summed E-state index contributed by atoms with van der Waals surface area (Å²) >= 11 is 1.62. The summed E-state index contributed by atoms with van der Waals surface area (Å²) in [7, 11) is 0. The molecule has 31 heavy (non-hydrogen) atoms. The highest BCUT2D eigenvalue weighted by Gasteiger charge is 2.29. The van der Waals surface area contributed by atoms with Gasteiger partial charge in [-0.25, -0.2) is 4.79 Å². The van der Waals surface area contributed by atoms with E-state index in [-0.39, 0.29) is 18.3 Å². The number of ether oxygens (including phenoxy) is 2. The van der Waals surface area contributed by atoms with Crippen molar-refractivity contribution in [3.63, 3.8) is 0 Å². The van der Waals surface area contributed by atoms with Gasteiger partial charge in [-0.05, 0) is 37.3 Å². The first-order chi connectivity index (χ1) is 14.7. The van der Waals surface area contributed by atoms with Gasteiger partial charge in [0.25, 0.3) is 0 Å². The van der Waals surface area contributed by atoms with E-state index in [2.05, 4.69) is 10.2 Å². The SMILES string of the molecule is CCOC(=O)Nc1ccc2c(c1)N(C(=O)CCN1CCOCC1)c1ccccc1S2.Cl. The number of para-hydroxylation sites is 1. The second kappa shape index (κ2) is 10.9.